The van der Waals surface area contributed by atoms with E-state index in [1.165, 1.54) is 37.2 Å². The van der Waals surface area contributed by atoms with Crippen LogP contribution >= 0.6 is 31.9 Å². The topological polar surface area (TPSA) is 101 Å². The summed E-state index contributed by atoms with van der Waals surface area (Å²) in [5.41, 5.74) is 4.83. The molecule has 0 N–H and O–H groups in total. The lowest BCUT2D eigenvalue weighted by Crippen LogP contribution is -2.08. The number of rotatable bonds is 9. The summed E-state index contributed by atoms with van der Waals surface area (Å²) in [6, 6.07) is 5.90. The summed E-state index contributed by atoms with van der Waals surface area (Å²) < 4.78 is 25.7. The predicted molar refractivity (Wildman–Crippen MR) is 146 cm³/mol. The molecule has 0 saturated heterocycles. The van der Waals surface area contributed by atoms with E-state index in [2.05, 4.69) is 36.8 Å². The van der Waals surface area contributed by atoms with Gasteiger partial charge in [-0.3, -0.25) is 9.36 Å². The van der Waals surface area contributed by atoms with Crippen LogP contribution < -0.4 is 4.74 Å². The van der Waals surface area contributed by atoms with Crippen LogP contribution in [0.3, 0.4) is 0 Å². The number of aromatic nitrogens is 5. The van der Waals surface area contributed by atoms with Crippen LogP contribution in [0.2, 0.25) is 0 Å². The van der Waals surface area contributed by atoms with Crippen molar-refractivity contribution < 1.29 is 14.1 Å². The summed E-state index contributed by atoms with van der Waals surface area (Å²) in [5.74, 6) is -0.193. The van der Waals surface area contributed by atoms with Crippen LogP contribution in [0.1, 0.15) is 48.3 Å². The standard InChI is InChI=1S/C26H25Br2FN6O3/c1-14-21(25(28)34(31-14)12-16-4-5-16)8-17-13-33(3)32-24(17)20-7-6-19(29)10-22(20)15(2)38-23-9-18(27)11-30-26(23)35(36)37/h6-7,9-11,13,15-16H,4-5,8,12H2,1-3H3/t15-/m1/s1. The van der Waals surface area contributed by atoms with Gasteiger partial charge in [0.2, 0.25) is 5.75 Å². The summed E-state index contributed by atoms with van der Waals surface area (Å²) in [4.78, 5) is 14.7. The molecule has 3 heterocycles. The van der Waals surface area contributed by atoms with Gasteiger partial charge in [0.05, 0.1) is 15.9 Å². The fraction of sp³-hybridized carbons (Fsp3) is 0.346. The fourth-order valence-electron chi connectivity index (χ4n) is 4.52. The van der Waals surface area contributed by atoms with Gasteiger partial charge in [0.25, 0.3) is 0 Å². The molecule has 1 aliphatic rings. The summed E-state index contributed by atoms with van der Waals surface area (Å²) in [5, 5.41) is 20.9. The Bertz CT molecular complexity index is 1530. The van der Waals surface area contributed by atoms with Gasteiger partial charge in [-0.2, -0.15) is 10.2 Å². The number of nitro groups is 1. The van der Waals surface area contributed by atoms with Crippen molar-refractivity contribution in [1.82, 2.24) is 24.5 Å². The van der Waals surface area contributed by atoms with E-state index in [9.17, 15) is 14.5 Å². The molecule has 12 heteroatoms. The van der Waals surface area contributed by atoms with E-state index in [0.29, 0.717) is 33.6 Å². The molecule has 1 aromatic carbocycles. The van der Waals surface area contributed by atoms with E-state index in [1.807, 2.05) is 24.9 Å². The zero-order valence-electron chi connectivity index (χ0n) is 21.0. The number of pyridine rings is 1. The molecule has 0 aliphatic heterocycles. The third-order valence-electron chi connectivity index (χ3n) is 6.57. The van der Waals surface area contributed by atoms with Crippen molar-refractivity contribution >= 4 is 37.7 Å². The maximum absolute atomic E-state index is 14.5. The maximum atomic E-state index is 14.5. The highest BCUT2D eigenvalue weighted by atomic mass is 79.9. The van der Waals surface area contributed by atoms with E-state index in [0.717, 1.165) is 28.0 Å². The van der Waals surface area contributed by atoms with Gasteiger partial charge in [0.15, 0.2) is 6.20 Å². The van der Waals surface area contributed by atoms with Crippen molar-refractivity contribution in [1.29, 1.82) is 0 Å². The van der Waals surface area contributed by atoms with Gasteiger partial charge in [-0.1, -0.05) is 0 Å². The molecule has 0 bridgehead atoms. The smallest absolute Gasteiger partial charge is 0.406 e. The van der Waals surface area contributed by atoms with Crippen molar-refractivity contribution in [3.63, 3.8) is 0 Å². The van der Waals surface area contributed by atoms with Crippen LogP contribution in [0.25, 0.3) is 11.3 Å². The molecule has 198 valence electrons. The van der Waals surface area contributed by atoms with Crippen LogP contribution in [-0.2, 0) is 20.0 Å². The Kier molecular flexibility index (Phi) is 7.36. The number of benzene rings is 1. The zero-order valence-corrected chi connectivity index (χ0v) is 24.2. The van der Waals surface area contributed by atoms with Crippen molar-refractivity contribution in [2.45, 2.75) is 45.8 Å². The van der Waals surface area contributed by atoms with Crippen molar-refractivity contribution in [2.75, 3.05) is 0 Å². The van der Waals surface area contributed by atoms with Gasteiger partial charge in [0, 0.05) is 54.5 Å². The second-order valence-corrected chi connectivity index (χ2v) is 11.2. The molecule has 0 radical (unpaired) electrons. The molecule has 1 fully saturated rings. The highest BCUT2D eigenvalue weighted by Gasteiger charge is 2.27. The Morgan fingerprint density at radius 3 is 2.74 bits per heavy atom. The number of hydrogen-bond donors (Lipinski definition) is 0. The van der Waals surface area contributed by atoms with Crippen LogP contribution in [-0.4, -0.2) is 29.5 Å². The summed E-state index contributed by atoms with van der Waals surface area (Å²) in [6.45, 7) is 4.61. The first-order valence-corrected chi connectivity index (χ1v) is 13.7. The largest absolute Gasteiger partial charge is 0.478 e. The number of ether oxygens (including phenoxy) is 1. The number of aryl methyl sites for hydroxylation is 2. The molecule has 5 rings (SSSR count). The SMILES string of the molecule is Cc1nn(CC2CC2)c(Br)c1Cc1cn(C)nc1-c1ccc(F)cc1[C@@H](C)Oc1cc(Br)cnc1[N+](=O)[O-]. The summed E-state index contributed by atoms with van der Waals surface area (Å²) >= 11 is 7.03. The normalized spacial score (nSPS) is 14.1. The van der Waals surface area contributed by atoms with E-state index < -0.39 is 22.7 Å². The van der Waals surface area contributed by atoms with Crippen LogP contribution in [0, 0.1) is 28.8 Å². The van der Waals surface area contributed by atoms with Crippen LogP contribution in [0.5, 0.6) is 5.75 Å². The number of nitrogens with zero attached hydrogens (tertiary/aromatic N) is 6. The maximum Gasteiger partial charge on any atom is 0.406 e. The molecule has 1 saturated carbocycles. The van der Waals surface area contributed by atoms with Gasteiger partial charge in [0.1, 0.15) is 16.5 Å². The Labute approximate surface area is 235 Å². The van der Waals surface area contributed by atoms with E-state index >= 15 is 0 Å². The Hall–Kier alpha value is -3.12. The van der Waals surface area contributed by atoms with E-state index in [1.54, 1.807) is 17.7 Å². The van der Waals surface area contributed by atoms with Crippen molar-refractivity contribution in [3.8, 4) is 17.0 Å². The Morgan fingerprint density at radius 1 is 1.26 bits per heavy atom. The average molecular weight is 648 g/mol. The first-order valence-electron chi connectivity index (χ1n) is 12.1. The van der Waals surface area contributed by atoms with Gasteiger partial charge < -0.3 is 14.9 Å². The second kappa shape index (κ2) is 10.6. The number of hydrogen-bond acceptors (Lipinski definition) is 6. The molecule has 9 nitrogen and oxygen atoms in total. The van der Waals surface area contributed by atoms with E-state index in [-0.39, 0.29) is 5.75 Å². The minimum atomic E-state index is -0.736. The van der Waals surface area contributed by atoms with Crippen LogP contribution in [0.4, 0.5) is 10.2 Å². The highest BCUT2D eigenvalue weighted by Crippen LogP contribution is 2.38. The molecule has 0 amide bonds. The number of halogens is 3. The van der Waals surface area contributed by atoms with Crippen molar-refractivity contribution in [3.05, 3.63) is 84.1 Å². The summed E-state index contributed by atoms with van der Waals surface area (Å²) in [7, 11) is 1.84. The molecule has 0 spiro atoms. The molecule has 1 aliphatic carbocycles. The molecular formula is C26H25Br2FN6O3. The van der Waals surface area contributed by atoms with E-state index in [4.69, 9.17) is 14.9 Å². The van der Waals surface area contributed by atoms with Gasteiger partial charge in [-0.05, 0) is 92.6 Å². The Morgan fingerprint density at radius 2 is 2.03 bits per heavy atom. The predicted octanol–water partition coefficient (Wildman–Crippen LogP) is 6.70. The lowest BCUT2D eigenvalue weighted by molar-refractivity contribution is -0.390. The lowest BCUT2D eigenvalue weighted by Gasteiger charge is -2.18. The highest BCUT2D eigenvalue weighted by molar-refractivity contribution is 9.10. The minimum absolute atomic E-state index is 0.0176. The minimum Gasteiger partial charge on any atom is -0.478 e. The monoisotopic (exact) mass is 646 g/mol. The average Bonchev–Trinajstić information content (AvgIpc) is 3.54. The lowest BCUT2D eigenvalue weighted by atomic mass is 9.96. The Balaban J connectivity index is 1.51. The third-order valence-corrected chi connectivity index (χ3v) is 7.89. The van der Waals surface area contributed by atoms with Gasteiger partial charge in [-0.25, -0.2) is 4.39 Å². The van der Waals surface area contributed by atoms with Gasteiger partial charge >= 0.3 is 5.82 Å². The molecule has 0 unspecified atom stereocenters. The molecule has 38 heavy (non-hydrogen) atoms. The zero-order chi connectivity index (χ0) is 27.1. The third kappa shape index (κ3) is 5.51. The molecule has 4 aromatic rings. The summed E-state index contributed by atoms with van der Waals surface area (Å²) in [6.07, 6.45) is 5.59. The second-order valence-electron chi connectivity index (χ2n) is 9.56. The fourth-order valence-corrected chi connectivity index (χ4v) is 5.48. The quantitative estimate of drug-likeness (QED) is 0.148. The van der Waals surface area contributed by atoms with Crippen molar-refractivity contribution in [2.24, 2.45) is 13.0 Å². The first-order chi connectivity index (χ1) is 18.1. The molecular weight excluding hydrogens is 623 g/mol. The molecule has 1 atom stereocenters. The molecule has 3 aromatic heterocycles. The van der Waals surface area contributed by atoms with Crippen LogP contribution in [0.15, 0.2) is 45.7 Å². The first kappa shape index (κ1) is 26.5. The van der Waals surface area contributed by atoms with Gasteiger partial charge in [-0.15, -0.1) is 0 Å².